The monoisotopic (exact) mass is 323 g/mol. The summed E-state index contributed by atoms with van der Waals surface area (Å²) in [4.78, 5) is 15.9. The number of rotatable bonds is 6. The largest absolute Gasteiger partial charge is 0.341 e. The number of hydrogen-bond donors (Lipinski definition) is 1. The molecule has 5 nitrogen and oxygen atoms in total. The van der Waals surface area contributed by atoms with E-state index in [2.05, 4.69) is 40.2 Å². The minimum absolute atomic E-state index is 0.190. The van der Waals surface area contributed by atoms with Crippen LogP contribution in [0.25, 0.3) is 0 Å². The van der Waals surface area contributed by atoms with Crippen molar-refractivity contribution in [2.45, 2.75) is 18.7 Å². The van der Waals surface area contributed by atoms with Crippen LogP contribution in [0.15, 0.2) is 29.2 Å². The molecule has 0 radical (unpaired) electrons. The molecule has 0 saturated heterocycles. The summed E-state index contributed by atoms with van der Waals surface area (Å²) in [6.45, 7) is 5.74. The summed E-state index contributed by atoms with van der Waals surface area (Å²) in [6.07, 6.45) is 2.04. The average molecular weight is 324 g/mol. The molecule has 0 aliphatic heterocycles. The number of benzene rings is 1. The second-order valence-corrected chi connectivity index (χ2v) is 5.48. The lowest BCUT2D eigenvalue weighted by Gasteiger charge is -2.18. The van der Waals surface area contributed by atoms with Gasteiger partial charge >= 0.3 is 0 Å². The zero-order chi connectivity index (χ0) is 15.2. The lowest BCUT2D eigenvalue weighted by molar-refractivity contribution is 0.814. The van der Waals surface area contributed by atoms with E-state index in [0.717, 1.165) is 18.8 Å². The summed E-state index contributed by atoms with van der Waals surface area (Å²) in [6, 6.07) is 8.05. The Bertz CT molecular complexity index is 604. The van der Waals surface area contributed by atoms with Crippen LogP contribution in [0.2, 0.25) is 5.28 Å². The van der Waals surface area contributed by atoms with E-state index in [9.17, 15) is 0 Å². The van der Waals surface area contributed by atoms with E-state index in [1.54, 1.807) is 11.8 Å². The molecule has 0 aliphatic carbocycles. The summed E-state index contributed by atoms with van der Waals surface area (Å²) in [7, 11) is 0. The van der Waals surface area contributed by atoms with Gasteiger partial charge in [-0.05, 0) is 49.9 Å². The Morgan fingerprint density at radius 2 is 1.95 bits per heavy atom. The van der Waals surface area contributed by atoms with Crippen molar-refractivity contribution in [1.29, 1.82) is 0 Å². The Morgan fingerprint density at radius 1 is 1.19 bits per heavy atom. The zero-order valence-corrected chi connectivity index (χ0v) is 13.9. The SMILES string of the molecule is CCN(CC)c1nc(Cl)nc(Nc2cccc(SC)c2)n1. The summed E-state index contributed by atoms with van der Waals surface area (Å²) < 4.78 is 0. The second-order valence-electron chi connectivity index (χ2n) is 4.26. The van der Waals surface area contributed by atoms with Gasteiger partial charge in [-0.2, -0.15) is 15.0 Å². The van der Waals surface area contributed by atoms with E-state index in [1.807, 2.05) is 29.4 Å². The summed E-state index contributed by atoms with van der Waals surface area (Å²) >= 11 is 7.68. The highest BCUT2D eigenvalue weighted by molar-refractivity contribution is 7.98. The molecule has 0 saturated carbocycles. The number of aromatic nitrogens is 3. The minimum atomic E-state index is 0.190. The quantitative estimate of drug-likeness (QED) is 0.815. The molecule has 2 aromatic rings. The lowest BCUT2D eigenvalue weighted by Crippen LogP contribution is -2.24. The van der Waals surface area contributed by atoms with E-state index in [1.165, 1.54) is 4.90 Å². The highest BCUT2D eigenvalue weighted by Gasteiger charge is 2.10. The number of thioether (sulfide) groups is 1. The van der Waals surface area contributed by atoms with Crippen LogP contribution in [-0.2, 0) is 0 Å². The van der Waals surface area contributed by atoms with Gasteiger partial charge in [0.15, 0.2) is 0 Å². The molecule has 0 unspecified atom stereocenters. The van der Waals surface area contributed by atoms with Crippen molar-refractivity contribution in [3.05, 3.63) is 29.5 Å². The highest BCUT2D eigenvalue weighted by Crippen LogP contribution is 2.22. The fraction of sp³-hybridized carbons (Fsp3) is 0.357. The Balaban J connectivity index is 2.27. The Morgan fingerprint density at radius 3 is 2.62 bits per heavy atom. The van der Waals surface area contributed by atoms with E-state index >= 15 is 0 Å². The Hall–Kier alpha value is -1.53. The lowest BCUT2D eigenvalue weighted by atomic mass is 10.3. The molecule has 1 heterocycles. The van der Waals surface area contributed by atoms with E-state index in [-0.39, 0.29) is 5.28 Å². The fourth-order valence-electron chi connectivity index (χ4n) is 1.87. The minimum Gasteiger partial charge on any atom is -0.341 e. The molecular formula is C14H18ClN5S. The highest BCUT2D eigenvalue weighted by atomic mass is 35.5. The fourth-order valence-corrected chi connectivity index (χ4v) is 2.49. The van der Waals surface area contributed by atoms with Gasteiger partial charge in [-0.25, -0.2) is 0 Å². The van der Waals surface area contributed by atoms with Gasteiger partial charge in [-0.15, -0.1) is 11.8 Å². The second kappa shape index (κ2) is 7.47. The number of nitrogens with one attached hydrogen (secondary N) is 1. The zero-order valence-electron chi connectivity index (χ0n) is 12.3. The van der Waals surface area contributed by atoms with E-state index < -0.39 is 0 Å². The van der Waals surface area contributed by atoms with Gasteiger partial charge in [0, 0.05) is 23.7 Å². The first-order valence-electron chi connectivity index (χ1n) is 6.73. The van der Waals surface area contributed by atoms with Crippen molar-refractivity contribution in [2.24, 2.45) is 0 Å². The van der Waals surface area contributed by atoms with Crippen molar-refractivity contribution < 1.29 is 0 Å². The third kappa shape index (κ3) is 4.22. The van der Waals surface area contributed by atoms with Crippen LogP contribution < -0.4 is 10.2 Å². The van der Waals surface area contributed by atoms with Crippen LogP contribution in [0.5, 0.6) is 0 Å². The van der Waals surface area contributed by atoms with Crippen LogP contribution in [0.1, 0.15) is 13.8 Å². The van der Waals surface area contributed by atoms with Gasteiger partial charge in [0.25, 0.3) is 0 Å². The molecule has 1 aromatic carbocycles. The smallest absolute Gasteiger partial charge is 0.233 e. The maximum absolute atomic E-state index is 6.00. The van der Waals surface area contributed by atoms with E-state index in [4.69, 9.17) is 11.6 Å². The van der Waals surface area contributed by atoms with Crippen molar-refractivity contribution in [2.75, 3.05) is 29.6 Å². The van der Waals surface area contributed by atoms with Crippen LogP contribution >= 0.6 is 23.4 Å². The van der Waals surface area contributed by atoms with Gasteiger partial charge in [0.2, 0.25) is 17.2 Å². The first-order chi connectivity index (χ1) is 10.2. The van der Waals surface area contributed by atoms with Crippen molar-refractivity contribution >= 4 is 40.9 Å². The Labute approximate surface area is 134 Å². The molecule has 21 heavy (non-hydrogen) atoms. The van der Waals surface area contributed by atoms with Gasteiger partial charge in [0.05, 0.1) is 0 Å². The molecule has 0 aliphatic rings. The summed E-state index contributed by atoms with van der Waals surface area (Å²) in [5.74, 6) is 1.04. The van der Waals surface area contributed by atoms with Gasteiger partial charge < -0.3 is 10.2 Å². The predicted octanol–water partition coefficient (Wildman–Crippen LogP) is 3.84. The molecule has 1 N–H and O–H groups in total. The third-order valence-electron chi connectivity index (χ3n) is 2.97. The number of nitrogens with zero attached hydrogens (tertiary/aromatic N) is 4. The molecule has 7 heteroatoms. The number of halogens is 1. The number of hydrogen-bond acceptors (Lipinski definition) is 6. The first-order valence-corrected chi connectivity index (χ1v) is 8.34. The number of anilines is 3. The third-order valence-corrected chi connectivity index (χ3v) is 3.86. The van der Waals surface area contributed by atoms with Gasteiger partial charge in [-0.1, -0.05) is 6.07 Å². The normalized spacial score (nSPS) is 10.5. The molecule has 112 valence electrons. The maximum Gasteiger partial charge on any atom is 0.233 e. The van der Waals surface area contributed by atoms with Crippen LogP contribution in [0, 0.1) is 0 Å². The van der Waals surface area contributed by atoms with Gasteiger partial charge in [0.1, 0.15) is 0 Å². The summed E-state index contributed by atoms with van der Waals surface area (Å²) in [5.41, 5.74) is 0.926. The topological polar surface area (TPSA) is 53.9 Å². The van der Waals surface area contributed by atoms with Crippen molar-refractivity contribution in [3.63, 3.8) is 0 Å². The molecule has 0 amide bonds. The van der Waals surface area contributed by atoms with E-state index in [0.29, 0.717) is 11.9 Å². The molecule has 0 fully saturated rings. The average Bonchev–Trinajstić information content (AvgIpc) is 2.48. The first kappa shape index (κ1) is 15.9. The molecule has 2 rings (SSSR count). The molecule has 0 spiro atoms. The Kier molecular flexibility index (Phi) is 5.64. The molecular weight excluding hydrogens is 306 g/mol. The van der Waals surface area contributed by atoms with Crippen molar-refractivity contribution in [3.8, 4) is 0 Å². The van der Waals surface area contributed by atoms with Crippen molar-refractivity contribution in [1.82, 2.24) is 15.0 Å². The predicted molar refractivity (Wildman–Crippen MR) is 89.9 cm³/mol. The maximum atomic E-state index is 6.00. The molecule has 0 bridgehead atoms. The molecule has 0 atom stereocenters. The van der Waals surface area contributed by atoms with Crippen LogP contribution in [0.4, 0.5) is 17.6 Å². The van der Waals surface area contributed by atoms with Gasteiger partial charge in [-0.3, -0.25) is 0 Å². The standard InChI is InChI=1S/C14H18ClN5S/c1-4-20(5-2)14-18-12(15)17-13(19-14)16-10-7-6-8-11(9-10)21-3/h6-9H,4-5H2,1-3H3,(H,16,17,18,19). The van der Waals surface area contributed by atoms with Crippen LogP contribution in [-0.4, -0.2) is 34.3 Å². The van der Waals surface area contributed by atoms with Crippen LogP contribution in [0.3, 0.4) is 0 Å². The summed E-state index contributed by atoms with van der Waals surface area (Å²) in [5, 5.41) is 3.37. The molecule has 1 aromatic heterocycles.